The van der Waals surface area contributed by atoms with Gasteiger partial charge in [-0.05, 0) is 53.2 Å². The van der Waals surface area contributed by atoms with E-state index in [0.29, 0.717) is 17.3 Å². The number of carbonyl (C=O) groups excluding carboxylic acids is 2. The molecule has 1 aliphatic rings. The first-order chi connectivity index (χ1) is 13.6. The van der Waals surface area contributed by atoms with Crippen LogP contribution in [0, 0.1) is 0 Å². The molecule has 1 heterocycles. The lowest BCUT2D eigenvalue weighted by molar-refractivity contribution is -0.138. The zero-order chi connectivity index (χ0) is 21.2. The number of benzene rings is 2. The Morgan fingerprint density at radius 1 is 1.14 bits per heavy atom. The van der Waals surface area contributed by atoms with Gasteiger partial charge in [-0.1, -0.05) is 18.2 Å². The maximum atomic E-state index is 13.5. The number of carboxylic acids is 1. The molecule has 0 atom stereocenters. The quantitative estimate of drug-likeness (QED) is 0.691. The second-order valence-electron chi connectivity index (χ2n) is 5.92. The van der Waals surface area contributed by atoms with Crippen molar-refractivity contribution in [1.82, 2.24) is 5.32 Å². The molecule has 1 fully saturated rings. The number of thioether (sulfide) groups is 1. The first-order valence-electron chi connectivity index (χ1n) is 8.06. The number of hydrogen-bond acceptors (Lipinski definition) is 5. The zero-order valence-electron chi connectivity index (χ0n) is 14.4. The summed E-state index contributed by atoms with van der Waals surface area (Å²) < 4.78 is 45.8. The van der Waals surface area contributed by atoms with E-state index in [1.807, 2.05) is 5.32 Å². The lowest BCUT2D eigenvalue weighted by Crippen LogP contribution is -2.17. The number of alkyl halides is 3. The van der Waals surface area contributed by atoms with Crippen LogP contribution in [-0.4, -0.2) is 22.2 Å². The van der Waals surface area contributed by atoms with Gasteiger partial charge in [0.25, 0.3) is 11.1 Å². The lowest BCUT2D eigenvalue weighted by Gasteiger charge is -2.15. The summed E-state index contributed by atoms with van der Waals surface area (Å²) in [4.78, 5) is 33.4. The van der Waals surface area contributed by atoms with Gasteiger partial charge in [0.15, 0.2) is 0 Å². The molecule has 0 unspecified atom stereocenters. The van der Waals surface area contributed by atoms with E-state index in [9.17, 15) is 27.6 Å². The maximum Gasteiger partial charge on any atom is 0.420 e. The molecule has 2 amide bonds. The summed E-state index contributed by atoms with van der Waals surface area (Å²) in [5.74, 6) is -2.05. The molecule has 6 nitrogen and oxygen atoms in total. The standard InChI is InChI=1S/C19H12F3NO5S/c20-19(21,22)13-7-11(8-15-17(26)23-18(27)29-15)3-6-14(13)28-12-4-1-10(2-5-12)9-16(24)25/h1-8H,9H2,(H,24,25)(H,23,26,27)/b15-8+. The summed E-state index contributed by atoms with van der Waals surface area (Å²) >= 11 is 0.601. The van der Waals surface area contributed by atoms with Gasteiger partial charge < -0.3 is 9.84 Å². The molecule has 2 aromatic carbocycles. The van der Waals surface area contributed by atoms with Crippen molar-refractivity contribution in [2.45, 2.75) is 12.6 Å². The highest BCUT2D eigenvalue weighted by Gasteiger charge is 2.35. The summed E-state index contributed by atoms with van der Waals surface area (Å²) in [5.41, 5.74) is -0.505. The molecule has 1 saturated heterocycles. The van der Waals surface area contributed by atoms with E-state index in [2.05, 4.69) is 0 Å². The van der Waals surface area contributed by atoms with Crippen molar-refractivity contribution in [3.8, 4) is 11.5 Å². The molecule has 1 aliphatic heterocycles. The van der Waals surface area contributed by atoms with Crippen molar-refractivity contribution in [2.24, 2.45) is 0 Å². The van der Waals surface area contributed by atoms with Crippen LogP contribution in [0.25, 0.3) is 6.08 Å². The van der Waals surface area contributed by atoms with E-state index >= 15 is 0 Å². The number of amides is 2. The van der Waals surface area contributed by atoms with Gasteiger partial charge in [0, 0.05) is 0 Å². The normalized spacial score (nSPS) is 15.5. The SMILES string of the molecule is O=C(O)Cc1ccc(Oc2ccc(/C=C3/SC(=O)NC3=O)cc2C(F)(F)F)cc1. The van der Waals surface area contributed by atoms with Crippen LogP contribution >= 0.6 is 11.8 Å². The predicted molar refractivity (Wildman–Crippen MR) is 98.4 cm³/mol. The number of carbonyl (C=O) groups is 3. The number of rotatable bonds is 5. The van der Waals surface area contributed by atoms with Crippen molar-refractivity contribution in [1.29, 1.82) is 0 Å². The monoisotopic (exact) mass is 423 g/mol. The minimum Gasteiger partial charge on any atom is -0.481 e. The largest absolute Gasteiger partial charge is 0.481 e. The summed E-state index contributed by atoms with van der Waals surface area (Å²) in [5, 5.41) is 10.2. The average molecular weight is 423 g/mol. The van der Waals surface area contributed by atoms with Gasteiger partial charge >= 0.3 is 12.1 Å². The molecule has 0 bridgehead atoms. The first kappa shape index (κ1) is 20.5. The lowest BCUT2D eigenvalue weighted by atomic mass is 10.1. The molecule has 150 valence electrons. The fourth-order valence-corrected chi connectivity index (χ4v) is 3.18. The zero-order valence-corrected chi connectivity index (χ0v) is 15.3. The Balaban J connectivity index is 1.89. The van der Waals surface area contributed by atoms with Crippen molar-refractivity contribution < 1.29 is 37.4 Å². The van der Waals surface area contributed by atoms with Gasteiger partial charge in [-0.25, -0.2) is 0 Å². The first-order valence-corrected chi connectivity index (χ1v) is 8.88. The van der Waals surface area contributed by atoms with E-state index in [0.717, 1.165) is 12.1 Å². The molecule has 0 radical (unpaired) electrons. The van der Waals surface area contributed by atoms with Crippen molar-refractivity contribution in [2.75, 3.05) is 0 Å². The second kappa shape index (κ2) is 8.00. The Kier molecular flexibility index (Phi) is 5.64. The van der Waals surface area contributed by atoms with E-state index < -0.39 is 34.6 Å². The molecule has 0 saturated carbocycles. The minimum atomic E-state index is -4.73. The Hall–Kier alpha value is -3.27. The summed E-state index contributed by atoms with van der Waals surface area (Å²) in [6, 6.07) is 8.90. The molecule has 0 aromatic heterocycles. The van der Waals surface area contributed by atoms with Crippen LogP contribution in [0.15, 0.2) is 47.4 Å². The molecule has 3 rings (SSSR count). The fourth-order valence-electron chi connectivity index (χ4n) is 2.50. The third kappa shape index (κ3) is 5.17. The number of carboxylic acid groups (broad SMARTS) is 1. The Morgan fingerprint density at radius 3 is 2.38 bits per heavy atom. The Bertz CT molecular complexity index is 1020. The highest BCUT2D eigenvalue weighted by atomic mass is 32.2. The summed E-state index contributed by atoms with van der Waals surface area (Å²) in [6.07, 6.45) is -3.76. The number of nitrogens with one attached hydrogen (secondary N) is 1. The van der Waals surface area contributed by atoms with Crippen LogP contribution < -0.4 is 10.1 Å². The van der Waals surface area contributed by atoms with Crippen molar-refractivity contribution >= 4 is 35.0 Å². The average Bonchev–Trinajstić information content (AvgIpc) is 2.93. The molecule has 2 aromatic rings. The number of imide groups is 1. The van der Waals surface area contributed by atoms with E-state index in [4.69, 9.17) is 9.84 Å². The molecule has 29 heavy (non-hydrogen) atoms. The number of halogens is 3. The third-order valence-electron chi connectivity index (χ3n) is 3.76. The van der Waals surface area contributed by atoms with Crippen LogP contribution in [-0.2, 0) is 22.2 Å². The fraction of sp³-hybridized carbons (Fsp3) is 0.105. The Labute approximate surface area is 166 Å². The van der Waals surface area contributed by atoms with Gasteiger partial charge in [0.2, 0.25) is 0 Å². The smallest absolute Gasteiger partial charge is 0.420 e. The van der Waals surface area contributed by atoms with Gasteiger partial charge in [-0.3, -0.25) is 19.7 Å². The van der Waals surface area contributed by atoms with Crippen molar-refractivity contribution in [3.63, 3.8) is 0 Å². The van der Waals surface area contributed by atoms with Gasteiger partial charge in [-0.15, -0.1) is 0 Å². The topological polar surface area (TPSA) is 92.7 Å². The molecule has 2 N–H and O–H groups in total. The number of ether oxygens (including phenoxy) is 1. The van der Waals surface area contributed by atoms with Crippen LogP contribution in [0.3, 0.4) is 0 Å². The third-order valence-corrected chi connectivity index (χ3v) is 4.57. The van der Waals surface area contributed by atoms with Crippen LogP contribution in [0.5, 0.6) is 11.5 Å². The van der Waals surface area contributed by atoms with Crippen LogP contribution in [0.4, 0.5) is 18.0 Å². The molecule has 0 aliphatic carbocycles. The van der Waals surface area contributed by atoms with E-state index in [-0.39, 0.29) is 22.6 Å². The van der Waals surface area contributed by atoms with Crippen molar-refractivity contribution in [3.05, 3.63) is 64.1 Å². The van der Waals surface area contributed by atoms with Crippen LogP contribution in [0.2, 0.25) is 0 Å². The summed E-state index contributed by atoms with van der Waals surface area (Å²) in [6.45, 7) is 0. The van der Waals surface area contributed by atoms with E-state index in [1.54, 1.807) is 0 Å². The van der Waals surface area contributed by atoms with Gasteiger partial charge in [-0.2, -0.15) is 13.2 Å². The number of aliphatic carboxylic acids is 1. The van der Waals surface area contributed by atoms with E-state index in [1.165, 1.54) is 36.4 Å². The van der Waals surface area contributed by atoms with Crippen LogP contribution in [0.1, 0.15) is 16.7 Å². The maximum absolute atomic E-state index is 13.5. The predicted octanol–water partition coefficient (Wildman–Crippen LogP) is 4.45. The highest BCUT2D eigenvalue weighted by Crippen LogP contribution is 2.39. The Morgan fingerprint density at radius 2 is 1.83 bits per heavy atom. The number of hydrogen-bond donors (Lipinski definition) is 2. The second-order valence-corrected chi connectivity index (χ2v) is 6.94. The van der Waals surface area contributed by atoms with Gasteiger partial charge in [0.1, 0.15) is 11.5 Å². The molecule has 10 heteroatoms. The molecular formula is C19H12F3NO5S. The summed E-state index contributed by atoms with van der Waals surface area (Å²) in [7, 11) is 0. The highest BCUT2D eigenvalue weighted by molar-refractivity contribution is 8.18. The molecule has 0 spiro atoms. The van der Waals surface area contributed by atoms with Gasteiger partial charge in [0.05, 0.1) is 16.9 Å². The minimum absolute atomic E-state index is 0.00851. The molecular weight excluding hydrogens is 411 g/mol.